The third kappa shape index (κ3) is 5.23. The summed E-state index contributed by atoms with van der Waals surface area (Å²) in [6.45, 7) is 2.08. The Bertz CT molecular complexity index is 821. The highest BCUT2D eigenvalue weighted by Crippen LogP contribution is 2.47. The van der Waals surface area contributed by atoms with Gasteiger partial charge in [0.1, 0.15) is 5.37 Å². The Balaban J connectivity index is 2.42. The fourth-order valence-electron chi connectivity index (χ4n) is 3.45. The van der Waals surface area contributed by atoms with Crippen molar-refractivity contribution in [3.05, 3.63) is 17.7 Å². The number of esters is 2. The molecule has 3 atom stereocenters. The minimum absolute atomic E-state index is 0.121. The van der Waals surface area contributed by atoms with Gasteiger partial charge in [-0.15, -0.1) is 11.8 Å². The van der Waals surface area contributed by atoms with Gasteiger partial charge in [0.25, 0.3) is 0 Å². The molecule has 31 heavy (non-hydrogen) atoms. The molecule has 0 radical (unpaired) electrons. The lowest BCUT2D eigenvalue weighted by molar-refractivity contribution is -0.169. The summed E-state index contributed by atoms with van der Waals surface area (Å²) in [5.41, 5.74) is -1.50. The van der Waals surface area contributed by atoms with Crippen molar-refractivity contribution < 1.29 is 43.5 Å². The maximum Gasteiger partial charge on any atom is 0.340 e. The smallest absolute Gasteiger partial charge is 0.340 e. The van der Waals surface area contributed by atoms with Crippen molar-refractivity contribution in [1.29, 1.82) is 0 Å². The van der Waals surface area contributed by atoms with Crippen LogP contribution in [0.15, 0.2) is 12.1 Å². The number of ether oxygens (including phenoxy) is 4. The molecule has 1 saturated heterocycles. The van der Waals surface area contributed by atoms with E-state index in [1.165, 1.54) is 37.8 Å². The van der Waals surface area contributed by atoms with Crippen molar-refractivity contribution in [3.8, 4) is 17.2 Å². The van der Waals surface area contributed by atoms with Gasteiger partial charge >= 0.3 is 11.9 Å². The molecule has 1 amide bonds. The summed E-state index contributed by atoms with van der Waals surface area (Å²) in [4.78, 5) is 37.5. The minimum Gasteiger partial charge on any atom is -0.493 e. The van der Waals surface area contributed by atoms with Gasteiger partial charge in [0.2, 0.25) is 11.7 Å². The average molecular weight is 458 g/mol. The van der Waals surface area contributed by atoms with E-state index in [1.807, 2.05) is 0 Å². The lowest BCUT2D eigenvalue weighted by Gasteiger charge is -2.34. The van der Waals surface area contributed by atoms with Gasteiger partial charge < -0.3 is 34.1 Å². The largest absolute Gasteiger partial charge is 0.493 e. The van der Waals surface area contributed by atoms with Crippen molar-refractivity contribution in [3.63, 3.8) is 0 Å². The van der Waals surface area contributed by atoms with Crippen LogP contribution >= 0.6 is 11.8 Å². The van der Waals surface area contributed by atoms with Crippen molar-refractivity contribution >= 4 is 29.6 Å². The normalized spacial score (nSPS) is 18.9. The molecule has 1 fully saturated rings. The van der Waals surface area contributed by atoms with Gasteiger partial charge in [-0.05, 0) is 24.6 Å². The maximum atomic E-state index is 12.6. The van der Waals surface area contributed by atoms with E-state index in [0.29, 0.717) is 5.56 Å². The topological polar surface area (TPSA) is 132 Å². The van der Waals surface area contributed by atoms with Crippen LogP contribution in [0.25, 0.3) is 0 Å². The third-order valence-corrected chi connectivity index (χ3v) is 6.08. The molecule has 10 nitrogen and oxygen atoms in total. The van der Waals surface area contributed by atoms with E-state index in [0.717, 1.165) is 7.11 Å². The summed E-state index contributed by atoms with van der Waals surface area (Å²) in [5, 5.41) is 19.5. The monoisotopic (exact) mass is 457 g/mol. The molecule has 3 unspecified atom stereocenters. The van der Waals surface area contributed by atoms with Crippen LogP contribution in [-0.4, -0.2) is 78.3 Å². The Hall–Kier alpha value is -2.50. The maximum absolute atomic E-state index is 12.6. The SMILES string of the molecule is COC(=O)C(O)(CO)CC(C)N1C(=O)CSC1c1cc(OC)c(OC(C)=O)c(OC)c1. The van der Waals surface area contributed by atoms with Crippen molar-refractivity contribution in [2.75, 3.05) is 33.7 Å². The third-order valence-electron chi connectivity index (χ3n) is 4.85. The second kappa shape index (κ2) is 10.2. The second-order valence-corrected chi connectivity index (χ2v) is 8.12. The molecule has 1 heterocycles. The molecule has 1 aromatic carbocycles. The van der Waals surface area contributed by atoms with Crippen LogP contribution < -0.4 is 14.2 Å². The predicted octanol–water partition coefficient (Wildman–Crippen LogP) is 0.878. The Labute approximate surface area is 184 Å². The molecular weight excluding hydrogens is 430 g/mol. The van der Waals surface area contributed by atoms with Crippen LogP contribution in [0.4, 0.5) is 0 Å². The molecular formula is C20H27NO9S. The van der Waals surface area contributed by atoms with Crippen molar-refractivity contribution in [1.82, 2.24) is 4.90 Å². The fraction of sp³-hybridized carbons (Fsp3) is 0.550. The highest BCUT2D eigenvalue weighted by molar-refractivity contribution is 8.00. The molecule has 0 aliphatic carbocycles. The molecule has 2 N–H and O–H groups in total. The number of amides is 1. The highest BCUT2D eigenvalue weighted by atomic mass is 32.2. The summed E-state index contributed by atoms with van der Waals surface area (Å²) >= 11 is 1.34. The van der Waals surface area contributed by atoms with Crippen molar-refractivity contribution in [2.45, 2.75) is 37.3 Å². The van der Waals surface area contributed by atoms with Gasteiger partial charge in [-0.25, -0.2) is 4.79 Å². The van der Waals surface area contributed by atoms with E-state index in [9.17, 15) is 24.6 Å². The fourth-order valence-corrected chi connectivity index (χ4v) is 4.71. The van der Waals surface area contributed by atoms with Crippen LogP contribution in [-0.2, 0) is 19.1 Å². The molecule has 0 bridgehead atoms. The van der Waals surface area contributed by atoms with Gasteiger partial charge in [-0.2, -0.15) is 0 Å². The van der Waals surface area contributed by atoms with Crippen LogP contribution in [0.1, 0.15) is 31.2 Å². The predicted molar refractivity (Wildman–Crippen MR) is 111 cm³/mol. The first-order valence-corrected chi connectivity index (χ1v) is 10.5. The molecule has 1 aliphatic rings. The molecule has 172 valence electrons. The lowest BCUT2D eigenvalue weighted by Crippen LogP contribution is -2.49. The van der Waals surface area contributed by atoms with Gasteiger partial charge in [0.05, 0.1) is 33.7 Å². The number of methoxy groups -OCH3 is 3. The molecule has 1 aliphatic heterocycles. The molecule has 0 aromatic heterocycles. The number of aliphatic hydroxyl groups is 2. The molecule has 2 rings (SSSR count). The Morgan fingerprint density at radius 2 is 1.84 bits per heavy atom. The van der Waals surface area contributed by atoms with E-state index in [4.69, 9.17) is 14.2 Å². The van der Waals surface area contributed by atoms with E-state index in [-0.39, 0.29) is 35.3 Å². The Morgan fingerprint density at radius 1 is 1.26 bits per heavy atom. The Morgan fingerprint density at radius 3 is 2.29 bits per heavy atom. The first-order chi connectivity index (χ1) is 14.6. The standard InChI is InChI=1S/C20H27NO9S/c1-11(8-20(26,10-22)19(25)29-5)21-16(24)9-31-18(21)13-6-14(27-3)17(30-12(2)23)15(7-13)28-4/h6-7,11,18,22,26H,8-10H2,1-5H3. The zero-order valence-corrected chi connectivity index (χ0v) is 18.9. The number of thioether (sulfide) groups is 1. The zero-order valence-electron chi connectivity index (χ0n) is 18.0. The summed E-state index contributed by atoms with van der Waals surface area (Å²) in [6, 6.07) is 2.65. The molecule has 0 saturated carbocycles. The van der Waals surface area contributed by atoms with E-state index in [2.05, 4.69) is 4.74 Å². The number of aliphatic hydroxyl groups excluding tert-OH is 1. The highest BCUT2D eigenvalue weighted by Gasteiger charge is 2.44. The van der Waals surface area contributed by atoms with Crippen LogP contribution in [0.3, 0.4) is 0 Å². The average Bonchev–Trinajstić information content (AvgIpc) is 3.14. The van der Waals surface area contributed by atoms with Gasteiger partial charge in [-0.3, -0.25) is 9.59 Å². The first kappa shape index (κ1) is 24.8. The van der Waals surface area contributed by atoms with Gasteiger partial charge in [0, 0.05) is 19.4 Å². The Kier molecular flexibility index (Phi) is 8.15. The van der Waals surface area contributed by atoms with E-state index >= 15 is 0 Å². The zero-order chi connectivity index (χ0) is 23.3. The first-order valence-electron chi connectivity index (χ1n) is 9.40. The van der Waals surface area contributed by atoms with Gasteiger partial charge in [0.15, 0.2) is 17.1 Å². The number of rotatable bonds is 9. The quantitative estimate of drug-likeness (QED) is 0.407. The van der Waals surface area contributed by atoms with Crippen LogP contribution in [0.2, 0.25) is 0 Å². The number of benzene rings is 1. The molecule has 11 heteroatoms. The van der Waals surface area contributed by atoms with E-state index < -0.39 is 35.6 Å². The summed E-state index contributed by atoms with van der Waals surface area (Å²) in [7, 11) is 3.93. The van der Waals surface area contributed by atoms with Gasteiger partial charge in [-0.1, -0.05) is 0 Å². The number of hydrogen-bond donors (Lipinski definition) is 2. The number of carbonyl (C=O) groups excluding carboxylic acids is 3. The van der Waals surface area contributed by atoms with Crippen LogP contribution in [0, 0.1) is 0 Å². The van der Waals surface area contributed by atoms with Crippen LogP contribution in [0.5, 0.6) is 17.2 Å². The number of nitrogens with zero attached hydrogens (tertiary/aromatic N) is 1. The minimum atomic E-state index is -2.14. The number of carbonyl (C=O) groups is 3. The van der Waals surface area contributed by atoms with Crippen molar-refractivity contribution in [2.24, 2.45) is 0 Å². The summed E-state index contributed by atoms with van der Waals surface area (Å²) in [6.07, 6.45) is -0.223. The lowest BCUT2D eigenvalue weighted by atomic mass is 9.95. The molecule has 1 aromatic rings. The molecule has 0 spiro atoms. The summed E-state index contributed by atoms with van der Waals surface area (Å²) in [5.74, 6) is -0.925. The second-order valence-electron chi connectivity index (χ2n) is 7.05. The number of hydrogen-bond acceptors (Lipinski definition) is 10. The van der Waals surface area contributed by atoms with E-state index in [1.54, 1.807) is 19.1 Å². The summed E-state index contributed by atoms with van der Waals surface area (Å²) < 4.78 is 20.5.